The Labute approximate surface area is 141 Å². The van der Waals surface area contributed by atoms with Gasteiger partial charge in [-0.1, -0.05) is 36.4 Å². The summed E-state index contributed by atoms with van der Waals surface area (Å²) in [6, 6.07) is 17.5. The predicted octanol–water partition coefficient (Wildman–Crippen LogP) is 4.75. The molecule has 0 N–H and O–H groups in total. The lowest BCUT2D eigenvalue weighted by Crippen LogP contribution is -2.14. The first-order valence-corrected chi connectivity index (χ1v) is 8.32. The van der Waals surface area contributed by atoms with Crippen molar-refractivity contribution in [2.75, 3.05) is 0 Å². The van der Waals surface area contributed by atoms with Gasteiger partial charge in [0.15, 0.2) is 11.2 Å². The molecule has 0 saturated heterocycles. The molecule has 2 aromatic carbocycles. The highest BCUT2D eigenvalue weighted by Crippen LogP contribution is 2.34. The van der Waals surface area contributed by atoms with Crippen LogP contribution in [0.2, 0.25) is 0 Å². The number of ketones is 1. The van der Waals surface area contributed by atoms with E-state index in [1.54, 1.807) is 42.7 Å². The maximum Gasteiger partial charge on any atom is 0.197 e. The molecule has 0 atom stereocenters. The fourth-order valence-electron chi connectivity index (χ4n) is 2.75. The number of rotatable bonds is 3. The van der Waals surface area contributed by atoms with E-state index in [1.807, 2.05) is 23.6 Å². The lowest BCUT2D eigenvalue weighted by molar-refractivity contribution is 0.103. The molecular weight excluding hydrogens is 320 g/mol. The second kappa shape index (κ2) is 5.91. The molecule has 116 valence electrons. The lowest BCUT2D eigenvalue weighted by atomic mass is 9.98. The van der Waals surface area contributed by atoms with E-state index in [0.717, 1.165) is 10.3 Å². The van der Waals surface area contributed by atoms with Gasteiger partial charge >= 0.3 is 0 Å². The molecule has 3 nitrogen and oxygen atoms in total. The molecule has 0 fully saturated rings. The third-order valence-electron chi connectivity index (χ3n) is 3.86. The van der Waals surface area contributed by atoms with Gasteiger partial charge in [0.05, 0.1) is 17.4 Å². The van der Waals surface area contributed by atoms with E-state index in [9.17, 15) is 9.59 Å². The number of hydrogen-bond acceptors (Lipinski definition) is 4. The molecule has 0 radical (unpaired) electrons. The van der Waals surface area contributed by atoms with E-state index in [1.165, 1.54) is 17.4 Å². The van der Waals surface area contributed by atoms with E-state index in [4.69, 9.17) is 4.42 Å². The van der Waals surface area contributed by atoms with Crippen LogP contribution in [-0.4, -0.2) is 5.78 Å². The van der Waals surface area contributed by atoms with Crippen molar-refractivity contribution in [1.29, 1.82) is 0 Å². The standard InChI is InChI=1S/C20H12O3S/c21-15-9-8-14-10-11-23-20(14)18(16-7-4-12-24-16)17(15)19(22)13-5-2-1-3-6-13/h1-12H. The number of hydrogen-bond donors (Lipinski definition) is 0. The van der Waals surface area contributed by atoms with Gasteiger partial charge in [-0.2, -0.15) is 0 Å². The van der Waals surface area contributed by atoms with Crippen molar-refractivity contribution in [3.63, 3.8) is 0 Å². The van der Waals surface area contributed by atoms with Crippen LogP contribution in [-0.2, 0) is 0 Å². The zero-order valence-electron chi connectivity index (χ0n) is 12.6. The van der Waals surface area contributed by atoms with Gasteiger partial charge in [-0.05, 0) is 29.6 Å². The maximum absolute atomic E-state index is 13.1. The van der Waals surface area contributed by atoms with Crippen molar-refractivity contribution in [3.8, 4) is 10.4 Å². The smallest absolute Gasteiger partial charge is 0.197 e. The van der Waals surface area contributed by atoms with Gasteiger partial charge in [0.1, 0.15) is 5.58 Å². The molecule has 0 amide bonds. The molecule has 0 aliphatic carbocycles. The number of fused-ring (bicyclic) bond motifs is 1. The lowest BCUT2D eigenvalue weighted by Gasteiger charge is -2.04. The van der Waals surface area contributed by atoms with Crippen LogP contribution in [0.5, 0.6) is 0 Å². The van der Waals surface area contributed by atoms with E-state index in [2.05, 4.69) is 0 Å². The third kappa shape index (κ3) is 2.37. The van der Waals surface area contributed by atoms with Crippen LogP contribution in [0.3, 0.4) is 0 Å². The van der Waals surface area contributed by atoms with Gasteiger partial charge < -0.3 is 4.42 Å². The molecule has 0 spiro atoms. The highest BCUT2D eigenvalue weighted by molar-refractivity contribution is 7.13. The Hall–Kier alpha value is -2.98. The molecule has 0 saturated carbocycles. The molecule has 0 aliphatic rings. The number of furan rings is 1. The van der Waals surface area contributed by atoms with Crippen LogP contribution >= 0.6 is 11.3 Å². The van der Waals surface area contributed by atoms with Crippen LogP contribution in [0.25, 0.3) is 21.4 Å². The van der Waals surface area contributed by atoms with Crippen LogP contribution in [0.4, 0.5) is 0 Å². The highest BCUT2D eigenvalue weighted by Gasteiger charge is 2.22. The second-order valence-electron chi connectivity index (χ2n) is 5.33. The van der Waals surface area contributed by atoms with Crippen LogP contribution in [0, 0.1) is 0 Å². The predicted molar refractivity (Wildman–Crippen MR) is 95.7 cm³/mol. The summed E-state index contributed by atoms with van der Waals surface area (Å²) in [4.78, 5) is 26.6. The first-order valence-electron chi connectivity index (χ1n) is 7.44. The summed E-state index contributed by atoms with van der Waals surface area (Å²) < 4.78 is 5.63. The fraction of sp³-hybridized carbons (Fsp3) is 0. The van der Waals surface area contributed by atoms with E-state index >= 15 is 0 Å². The first kappa shape index (κ1) is 14.6. The third-order valence-corrected chi connectivity index (χ3v) is 4.75. The Morgan fingerprint density at radius 1 is 0.917 bits per heavy atom. The molecule has 0 aliphatic heterocycles. The first-order chi connectivity index (χ1) is 11.8. The average molecular weight is 332 g/mol. The molecule has 0 bridgehead atoms. The van der Waals surface area contributed by atoms with Gasteiger partial charge in [-0.3, -0.25) is 9.59 Å². The molecule has 2 aromatic heterocycles. The summed E-state index contributed by atoms with van der Waals surface area (Å²) in [5, 5.41) is 2.71. The number of thiophene rings is 1. The molecule has 4 heteroatoms. The van der Waals surface area contributed by atoms with Crippen molar-refractivity contribution >= 4 is 28.1 Å². The van der Waals surface area contributed by atoms with Crippen molar-refractivity contribution in [2.24, 2.45) is 0 Å². The van der Waals surface area contributed by atoms with Gasteiger partial charge in [0, 0.05) is 15.8 Å². The maximum atomic E-state index is 13.1. The van der Waals surface area contributed by atoms with Crippen molar-refractivity contribution in [1.82, 2.24) is 0 Å². The second-order valence-corrected chi connectivity index (χ2v) is 6.27. The van der Waals surface area contributed by atoms with Gasteiger partial charge in [-0.15, -0.1) is 11.3 Å². The monoisotopic (exact) mass is 332 g/mol. The van der Waals surface area contributed by atoms with Crippen LogP contribution < -0.4 is 5.43 Å². The molecule has 0 unspecified atom stereocenters. The SMILES string of the molecule is O=C(c1ccccc1)c1c(-c2cccs2)c2occc2ccc1=O. The summed E-state index contributed by atoms with van der Waals surface area (Å²) in [5.74, 6) is -0.294. The van der Waals surface area contributed by atoms with Gasteiger partial charge in [0.25, 0.3) is 0 Å². The molecule has 4 rings (SSSR count). The minimum absolute atomic E-state index is 0.147. The zero-order chi connectivity index (χ0) is 16.5. The Morgan fingerprint density at radius 2 is 1.75 bits per heavy atom. The van der Waals surface area contributed by atoms with Crippen molar-refractivity contribution in [2.45, 2.75) is 0 Å². The van der Waals surface area contributed by atoms with Crippen molar-refractivity contribution in [3.05, 3.63) is 93.7 Å². The fourth-order valence-corrected chi connectivity index (χ4v) is 3.53. The van der Waals surface area contributed by atoms with Gasteiger partial charge in [0.2, 0.25) is 0 Å². The normalized spacial score (nSPS) is 10.8. The number of carbonyl (C=O) groups excluding carboxylic acids is 1. The Kier molecular flexibility index (Phi) is 3.59. The zero-order valence-corrected chi connectivity index (χ0v) is 13.4. The Morgan fingerprint density at radius 3 is 2.50 bits per heavy atom. The van der Waals surface area contributed by atoms with E-state index in [0.29, 0.717) is 16.7 Å². The minimum atomic E-state index is -0.307. The molecule has 4 aromatic rings. The molecule has 24 heavy (non-hydrogen) atoms. The number of benzene rings is 1. The minimum Gasteiger partial charge on any atom is -0.464 e. The Balaban J connectivity index is 2.12. The summed E-state index contributed by atoms with van der Waals surface area (Å²) in [6.45, 7) is 0. The molecule has 2 heterocycles. The highest BCUT2D eigenvalue weighted by atomic mass is 32.1. The van der Waals surface area contributed by atoms with Crippen LogP contribution in [0.15, 0.2) is 81.5 Å². The topological polar surface area (TPSA) is 47.3 Å². The van der Waals surface area contributed by atoms with Crippen molar-refractivity contribution < 1.29 is 9.21 Å². The summed E-state index contributed by atoms with van der Waals surface area (Å²) in [6.07, 6.45) is 1.57. The molecular formula is C20H12O3S. The quantitative estimate of drug-likeness (QED) is 0.509. The van der Waals surface area contributed by atoms with E-state index in [-0.39, 0.29) is 16.8 Å². The Bertz CT molecular complexity index is 1080. The summed E-state index contributed by atoms with van der Waals surface area (Å²) in [7, 11) is 0. The number of carbonyl (C=O) groups is 1. The summed E-state index contributed by atoms with van der Waals surface area (Å²) in [5.41, 5.74) is 1.44. The van der Waals surface area contributed by atoms with E-state index < -0.39 is 0 Å². The van der Waals surface area contributed by atoms with Crippen LogP contribution in [0.1, 0.15) is 15.9 Å². The largest absolute Gasteiger partial charge is 0.464 e. The van der Waals surface area contributed by atoms with Gasteiger partial charge in [-0.25, -0.2) is 0 Å². The average Bonchev–Trinajstić information content (AvgIpc) is 3.28. The summed E-state index contributed by atoms with van der Waals surface area (Å²) >= 11 is 1.47.